The van der Waals surface area contributed by atoms with Crippen molar-refractivity contribution in [1.29, 1.82) is 0 Å². The zero-order chi connectivity index (χ0) is 16.3. The summed E-state index contributed by atoms with van der Waals surface area (Å²) in [6.07, 6.45) is 0. The summed E-state index contributed by atoms with van der Waals surface area (Å²) in [6, 6.07) is 9.97. The molecular formula is C14H12BrNO5S. The number of ether oxygens (including phenoxy) is 1. The van der Waals surface area contributed by atoms with Gasteiger partial charge in [0, 0.05) is 10.5 Å². The van der Waals surface area contributed by atoms with Gasteiger partial charge < -0.3 is 9.84 Å². The third kappa shape index (κ3) is 3.58. The minimum Gasteiger partial charge on any atom is -0.507 e. The lowest BCUT2D eigenvalue weighted by atomic mass is 10.2. The van der Waals surface area contributed by atoms with Gasteiger partial charge in [-0.05, 0) is 30.3 Å². The lowest BCUT2D eigenvalue weighted by molar-refractivity contribution is 0.0597. The highest BCUT2D eigenvalue weighted by Gasteiger charge is 2.17. The summed E-state index contributed by atoms with van der Waals surface area (Å²) in [7, 11) is -2.61. The Bertz CT molecular complexity index is 820. The van der Waals surface area contributed by atoms with E-state index in [4.69, 9.17) is 0 Å². The maximum absolute atomic E-state index is 12.2. The van der Waals surface area contributed by atoms with E-state index in [2.05, 4.69) is 25.4 Å². The van der Waals surface area contributed by atoms with E-state index in [0.29, 0.717) is 4.47 Å². The van der Waals surface area contributed by atoms with Crippen molar-refractivity contribution in [3.05, 3.63) is 52.5 Å². The van der Waals surface area contributed by atoms with Crippen molar-refractivity contribution in [2.75, 3.05) is 11.8 Å². The van der Waals surface area contributed by atoms with Crippen LogP contribution in [0.15, 0.2) is 51.8 Å². The summed E-state index contributed by atoms with van der Waals surface area (Å²) in [4.78, 5) is 11.4. The number of sulfonamides is 1. The van der Waals surface area contributed by atoms with E-state index in [9.17, 15) is 18.3 Å². The summed E-state index contributed by atoms with van der Waals surface area (Å²) < 4.78 is 31.9. The molecule has 0 bridgehead atoms. The van der Waals surface area contributed by atoms with Crippen molar-refractivity contribution in [2.45, 2.75) is 4.90 Å². The van der Waals surface area contributed by atoms with Gasteiger partial charge in [0.05, 0.1) is 17.7 Å². The second-order valence-corrected chi connectivity index (χ2v) is 6.88. The molecule has 0 aliphatic heterocycles. The van der Waals surface area contributed by atoms with Crippen molar-refractivity contribution < 1.29 is 23.1 Å². The molecule has 0 radical (unpaired) electrons. The molecule has 2 aromatic rings. The van der Waals surface area contributed by atoms with Gasteiger partial charge in [0.25, 0.3) is 10.0 Å². The monoisotopic (exact) mass is 385 g/mol. The Kier molecular flexibility index (Phi) is 4.72. The maximum Gasteiger partial charge on any atom is 0.341 e. The number of aromatic hydroxyl groups is 1. The zero-order valence-corrected chi connectivity index (χ0v) is 13.8. The second kappa shape index (κ2) is 6.37. The molecule has 0 aromatic heterocycles. The topological polar surface area (TPSA) is 92.7 Å². The highest BCUT2D eigenvalue weighted by atomic mass is 79.9. The molecule has 0 amide bonds. The molecule has 0 heterocycles. The number of esters is 1. The van der Waals surface area contributed by atoms with Gasteiger partial charge >= 0.3 is 5.97 Å². The van der Waals surface area contributed by atoms with Crippen LogP contribution in [0.5, 0.6) is 5.75 Å². The number of carbonyl (C=O) groups is 1. The third-order valence-corrected chi connectivity index (χ3v) is 4.63. The molecule has 0 saturated carbocycles. The molecule has 2 rings (SSSR count). The van der Waals surface area contributed by atoms with Gasteiger partial charge in [-0.15, -0.1) is 0 Å². The molecule has 116 valence electrons. The van der Waals surface area contributed by atoms with Crippen molar-refractivity contribution in [3.8, 4) is 5.75 Å². The first-order valence-electron chi connectivity index (χ1n) is 6.03. The second-order valence-electron chi connectivity index (χ2n) is 4.29. The first-order chi connectivity index (χ1) is 10.3. The van der Waals surface area contributed by atoms with E-state index < -0.39 is 16.0 Å². The van der Waals surface area contributed by atoms with Crippen molar-refractivity contribution >= 4 is 37.6 Å². The standard InChI is InChI=1S/C14H12BrNO5S/c1-21-14(18)12-6-5-10(8-13(12)17)16-22(19,20)11-4-2-3-9(15)7-11/h2-8,16-17H,1H3. The number of anilines is 1. The van der Waals surface area contributed by atoms with Gasteiger partial charge in [0.1, 0.15) is 11.3 Å². The van der Waals surface area contributed by atoms with E-state index in [1.165, 1.54) is 31.4 Å². The molecule has 0 aliphatic carbocycles. The number of hydrogen-bond donors (Lipinski definition) is 2. The minimum absolute atomic E-state index is 0.0482. The van der Waals surface area contributed by atoms with Gasteiger partial charge in [-0.25, -0.2) is 13.2 Å². The van der Waals surface area contributed by atoms with Crippen LogP contribution >= 0.6 is 15.9 Å². The van der Waals surface area contributed by atoms with Crippen LogP contribution in [0.4, 0.5) is 5.69 Å². The van der Waals surface area contributed by atoms with Crippen LogP contribution in [-0.2, 0) is 14.8 Å². The smallest absolute Gasteiger partial charge is 0.341 e. The molecule has 2 N–H and O–H groups in total. The van der Waals surface area contributed by atoms with E-state index in [1.54, 1.807) is 12.1 Å². The van der Waals surface area contributed by atoms with Crippen LogP contribution in [0, 0.1) is 0 Å². The van der Waals surface area contributed by atoms with Gasteiger partial charge in [0.15, 0.2) is 0 Å². The Morgan fingerprint density at radius 2 is 1.95 bits per heavy atom. The lowest BCUT2D eigenvalue weighted by Crippen LogP contribution is -2.13. The Morgan fingerprint density at radius 3 is 2.55 bits per heavy atom. The molecular weight excluding hydrogens is 374 g/mol. The van der Waals surface area contributed by atoms with E-state index in [0.717, 1.165) is 6.07 Å². The highest BCUT2D eigenvalue weighted by Crippen LogP contribution is 2.25. The molecule has 0 atom stereocenters. The summed E-state index contributed by atoms with van der Waals surface area (Å²) in [5, 5.41) is 9.76. The molecule has 22 heavy (non-hydrogen) atoms. The van der Waals surface area contributed by atoms with Gasteiger partial charge in [0.2, 0.25) is 0 Å². The first-order valence-corrected chi connectivity index (χ1v) is 8.31. The maximum atomic E-state index is 12.2. The number of phenols is 1. The lowest BCUT2D eigenvalue weighted by Gasteiger charge is -2.10. The number of methoxy groups -OCH3 is 1. The predicted octanol–water partition coefficient (Wildman–Crippen LogP) is 2.74. The minimum atomic E-state index is -3.80. The summed E-state index contributed by atoms with van der Waals surface area (Å²) in [6.45, 7) is 0. The van der Waals surface area contributed by atoms with Crippen LogP contribution < -0.4 is 4.72 Å². The Morgan fingerprint density at radius 1 is 1.23 bits per heavy atom. The SMILES string of the molecule is COC(=O)c1ccc(NS(=O)(=O)c2cccc(Br)c2)cc1O. The average molecular weight is 386 g/mol. The predicted molar refractivity (Wildman–Crippen MR) is 84.4 cm³/mol. The van der Waals surface area contributed by atoms with E-state index >= 15 is 0 Å². The third-order valence-electron chi connectivity index (χ3n) is 2.76. The number of phenolic OH excluding ortho intramolecular Hbond substituents is 1. The van der Waals surface area contributed by atoms with Crippen molar-refractivity contribution in [2.24, 2.45) is 0 Å². The number of nitrogens with one attached hydrogen (secondary N) is 1. The fourth-order valence-corrected chi connectivity index (χ4v) is 3.37. The normalized spacial score (nSPS) is 11.0. The summed E-state index contributed by atoms with van der Waals surface area (Å²) in [5.41, 5.74) is 0.0815. The number of benzene rings is 2. The number of halogens is 1. The van der Waals surface area contributed by atoms with Crippen LogP contribution in [0.2, 0.25) is 0 Å². The fourth-order valence-electron chi connectivity index (χ4n) is 1.73. The van der Waals surface area contributed by atoms with E-state index in [-0.39, 0.29) is 21.9 Å². The summed E-state index contributed by atoms with van der Waals surface area (Å²) in [5.74, 6) is -1.08. The average Bonchev–Trinajstić information content (AvgIpc) is 2.46. The molecule has 0 aliphatic rings. The molecule has 6 nitrogen and oxygen atoms in total. The Labute approximate surface area is 135 Å². The first kappa shape index (κ1) is 16.3. The van der Waals surface area contributed by atoms with E-state index in [1.807, 2.05) is 0 Å². The molecule has 2 aromatic carbocycles. The molecule has 0 unspecified atom stereocenters. The van der Waals surface area contributed by atoms with Crippen LogP contribution in [0.3, 0.4) is 0 Å². The number of hydrogen-bond acceptors (Lipinski definition) is 5. The Hall–Kier alpha value is -2.06. The molecule has 0 spiro atoms. The zero-order valence-electron chi connectivity index (χ0n) is 11.4. The van der Waals surface area contributed by atoms with Crippen LogP contribution in [0.25, 0.3) is 0 Å². The Balaban J connectivity index is 2.31. The largest absolute Gasteiger partial charge is 0.507 e. The highest BCUT2D eigenvalue weighted by molar-refractivity contribution is 9.10. The van der Waals surface area contributed by atoms with Crippen molar-refractivity contribution in [1.82, 2.24) is 0 Å². The quantitative estimate of drug-likeness (QED) is 0.789. The fraction of sp³-hybridized carbons (Fsp3) is 0.0714. The number of rotatable bonds is 4. The van der Waals surface area contributed by atoms with Crippen molar-refractivity contribution in [3.63, 3.8) is 0 Å². The molecule has 8 heteroatoms. The molecule has 0 fully saturated rings. The van der Waals surface area contributed by atoms with Gasteiger partial charge in [-0.2, -0.15) is 0 Å². The number of carbonyl (C=O) groups excluding carboxylic acids is 1. The van der Waals surface area contributed by atoms with Gasteiger partial charge in [-0.1, -0.05) is 22.0 Å². The molecule has 0 saturated heterocycles. The van der Waals surface area contributed by atoms with Crippen LogP contribution in [-0.4, -0.2) is 26.6 Å². The summed E-state index contributed by atoms with van der Waals surface area (Å²) >= 11 is 3.20. The van der Waals surface area contributed by atoms with Crippen LogP contribution in [0.1, 0.15) is 10.4 Å². The van der Waals surface area contributed by atoms with Gasteiger partial charge in [-0.3, -0.25) is 4.72 Å².